The molecule has 1 saturated heterocycles. The first-order valence-corrected chi connectivity index (χ1v) is 9.03. The van der Waals surface area contributed by atoms with Gasteiger partial charge in [0.2, 0.25) is 10.0 Å². The predicted octanol–water partition coefficient (Wildman–Crippen LogP) is 2.68. The van der Waals surface area contributed by atoms with Crippen LogP contribution >= 0.6 is 11.6 Å². The highest BCUT2D eigenvalue weighted by Gasteiger charge is 2.35. The molecule has 2 rings (SSSR count). The fourth-order valence-electron chi connectivity index (χ4n) is 2.95. The van der Waals surface area contributed by atoms with E-state index in [0.29, 0.717) is 36.8 Å². The van der Waals surface area contributed by atoms with E-state index in [1.165, 1.54) is 4.31 Å². The van der Waals surface area contributed by atoms with Gasteiger partial charge in [-0.2, -0.15) is 4.31 Å². The Morgan fingerprint density at radius 2 is 2.10 bits per heavy atom. The van der Waals surface area contributed by atoms with Crippen LogP contribution in [0.25, 0.3) is 0 Å². The Morgan fingerprint density at radius 3 is 2.71 bits per heavy atom. The molecule has 1 atom stereocenters. The smallest absolute Gasteiger partial charge is 0.246 e. The van der Waals surface area contributed by atoms with Gasteiger partial charge in [-0.05, 0) is 32.6 Å². The number of rotatable bonds is 5. The maximum absolute atomic E-state index is 12.9. The van der Waals surface area contributed by atoms with Crippen molar-refractivity contribution in [3.63, 3.8) is 0 Å². The van der Waals surface area contributed by atoms with Crippen LogP contribution < -0.4 is 0 Å². The van der Waals surface area contributed by atoms with Gasteiger partial charge in [-0.15, -0.1) is 11.6 Å². The molecule has 120 valence electrons. The van der Waals surface area contributed by atoms with Gasteiger partial charge >= 0.3 is 0 Å². The fraction of sp³-hybridized carbons (Fsp3) is 0.714. The topological polar surface area (TPSA) is 59.8 Å². The Balaban J connectivity index is 2.34. The summed E-state index contributed by atoms with van der Waals surface area (Å²) in [5.41, 5.74) is 0.572. The van der Waals surface area contributed by atoms with Crippen molar-refractivity contribution < 1.29 is 17.6 Å². The minimum Gasteiger partial charge on any atom is -0.465 e. The van der Waals surface area contributed by atoms with Gasteiger partial charge in [0.25, 0.3) is 0 Å². The van der Waals surface area contributed by atoms with Crippen LogP contribution in [0.1, 0.15) is 29.9 Å². The number of hydrogen-bond donors (Lipinski definition) is 0. The highest BCUT2D eigenvalue weighted by atomic mass is 35.5. The van der Waals surface area contributed by atoms with Crippen LogP contribution in [0.5, 0.6) is 0 Å². The maximum atomic E-state index is 12.9. The second-order valence-corrected chi connectivity index (χ2v) is 7.62. The van der Waals surface area contributed by atoms with Crippen molar-refractivity contribution in [3.05, 3.63) is 17.1 Å². The molecule has 1 aliphatic rings. The third kappa shape index (κ3) is 3.28. The normalized spacial score (nSPS) is 20.9. The Hall–Kier alpha value is -0.560. The van der Waals surface area contributed by atoms with Crippen LogP contribution in [0.15, 0.2) is 9.31 Å². The summed E-state index contributed by atoms with van der Waals surface area (Å²) in [6.07, 6.45) is 1.84. The Morgan fingerprint density at radius 1 is 1.38 bits per heavy atom. The lowest BCUT2D eigenvalue weighted by Gasteiger charge is -2.31. The van der Waals surface area contributed by atoms with E-state index in [1.54, 1.807) is 21.0 Å². The van der Waals surface area contributed by atoms with Crippen LogP contribution in [0.2, 0.25) is 0 Å². The van der Waals surface area contributed by atoms with Gasteiger partial charge in [-0.3, -0.25) is 0 Å². The average molecular weight is 336 g/mol. The number of piperidine rings is 1. The minimum absolute atomic E-state index is 0.132. The summed E-state index contributed by atoms with van der Waals surface area (Å²) in [7, 11) is -1.92. The minimum atomic E-state index is -3.57. The molecule has 0 aromatic carbocycles. The van der Waals surface area contributed by atoms with Crippen LogP contribution in [-0.4, -0.2) is 39.5 Å². The molecule has 1 aliphatic heterocycles. The summed E-state index contributed by atoms with van der Waals surface area (Å²) in [5.74, 6) is 1.36. The largest absolute Gasteiger partial charge is 0.465 e. The molecule has 0 amide bonds. The molecule has 5 nitrogen and oxygen atoms in total. The van der Waals surface area contributed by atoms with Gasteiger partial charge in [-0.1, -0.05) is 0 Å². The first kappa shape index (κ1) is 16.8. The summed E-state index contributed by atoms with van der Waals surface area (Å²) in [4.78, 5) is 0.244. The van der Waals surface area contributed by atoms with Gasteiger partial charge < -0.3 is 9.15 Å². The molecule has 2 heterocycles. The number of ether oxygens (including phenoxy) is 1. The molecule has 7 heteroatoms. The van der Waals surface area contributed by atoms with Crippen LogP contribution in [0.4, 0.5) is 0 Å². The molecule has 0 radical (unpaired) electrons. The van der Waals surface area contributed by atoms with Crippen molar-refractivity contribution in [2.24, 2.45) is 5.92 Å². The quantitative estimate of drug-likeness (QED) is 0.776. The lowest BCUT2D eigenvalue weighted by atomic mass is 10.0. The molecule has 0 N–H and O–H groups in total. The molecular weight excluding hydrogens is 314 g/mol. The van der Waals surface area contributed by atoms with E-state index < -0.39 is 10.0 Å². The number of aryl methyl sites for hydroxylation is 2. The summed E-state index contributed by atoms with van der Waals surface area (Å²) in [6.45, 7) is 5.02. The van der Waals surface area contributed by atoms with Crippen molar-refractivity contribution in [2.75, 3.05) is 26.8 Å². The molecule has 1 unspecified atom stereocenters. The molecule has 1 fully saturated rings. The van der Waals surface area contributed by atoms with Gasteiger partial charge in [0.05, 0.1) is 12.5 Å². The third-order valence-corrected chi connectivity index (χ3v) is 6.27. The zero-order valence-electron chi connectivity index (χ0n) is 12.7. The molecule has 1 aromatic heterocycles. The van der Waals surface area contributed by atoms with Gasteiger partial charge in [0.1, 0.15) is 16.4 Å². The predicted molar refractivity (Wildman–Crippen MR) is 81.1 cm³/mol. The number of halogens is 1. The van der Waals surface area contributed by atoms with Crippen molar-refractivity contribution in [2.45, 2.75) is 37.5 Å². The first-order chi connectivity index (χ1) is 9.91. The van der Waals surface area contributed by atoms with E-state index in [-0.39, 0.29) is 16.7 Å². The monoisotopic (exact) mass is 335 g/mol. The molecule has 1 aromatic rings. The lowest BCUT2D eigenvalue weighted by molar-refractivity contribution is 0.118. The van der Waals surface area contributed by atoms with E-state index in [1.807, 2.05) is 0 Å². The van der Waals surface area contributed by atoms with Gasteiger partial charge in [0, 0.05) is 25.8 Å². The molecule has 0 aliphatic carbocycles. The van der Waals surface area contributed by atoms with Crippen LogP contribution in [-0.2, 0) is 20.6 Å². The van der Waals surface area contributed by atoms with Crippen molar-refractivity contribution in [1.82, 2.24) is 4.31 Å². The number of furan rings is 1. The summed E-state index contributed by atoms with van der Waals surface area (Å²) < 4.78 is 38.0. The van der Waals surface area contributed by atoms with Crippen LogP contribution in [0.3, 0.4) is 0 Å². The highest BCUT2D eigenvalue weighted by Crippen LogP contribution is 2.32. The zero-order chi connectivity index (χ0) is 15.6. The Labute approximate surface area is 131 Å². The molecule has 0 bridgehead atoms. The Kier molecular flexibility index (Phi) is 5.35. The van der Waals surface area contributed by atoms with Crippen molar-refractivity contribution in [1.29, 1.82) is 0 Å². The van der Waals surface area contributed by atoms with E-state index in [0.717, 1.165) is 12.8 Å². The SMILES string of the molecule is COCC1CCCN(S(=O)(=O)c2c(C)oc(C)c2CCl)C1. The van der Waals surface area contributed by atoms with E-state index >= 15 is 0 Å². The second-order valence-electron chi connectivity index (χ2n) is 5.48. The molecule has 21 heavy (non-hydrogen) atoms. The van der Waals surface area contributed by atoms with E-state index in [2.05, 4.69) is 0 Å². The Bertz CT molecular complexity index is 594. The number of alkyl halides is 1. The maximum Gasteiger partial charge on any atom is 0.246 e. The van der Waals surface area contributed by atoms with Crippen molar-refractivity contribution in [3.8, 4) is 0 Å². The summed E-state index contributed by atoms with van der Waals surface area (Å²) in [5, 5.41) is 0. The molecule has 0 saturated carbocycles. The van der Waals surface area contributed by atoms with Gasteiger partial charge in [-0.25, -0.2) is 8.42 Å². The zero-order valence-corrected chi connectivity index (χ0v) is 14.3. The first-order valence-electron chi connectivity index (χ1n) is 7.05. The molecule has 0 spiro atoms. The number of sulfonamides is 1. The lowest BCUT2D eigenvalue weighted by Crippen LogP contribution is -2.41. The molecular formula is C14H22ClNO4S. The number of methoxy groups -OCH3 is 1. The van der Waals surface area contributed by atoms with Crippen LogP contribution in [0, 0.1) is 19.8 Å². The number of nitrogens with zero attached hydrogens (tertiary/aromatic N) is 1. The highest BCUT2D eigenvalue weighted by molar-refractivity contribution is 7.89. The second kappa shape index (κ2) is 6.69. The fourth-order valence-corrected chi connectivity index (χ4v) is 5.32. The number of hydrogen-bond acceptors (Lipinski definition) is 4. The standard InChI is InChI=1S/C14H22ClNO4S/c1-10-13(7-15)14(11(2)20-10)21(17,18)16-6-4-5-12(8-16)9-19-3/h12H,4-9H2,1-3H3. The van der Waals surface area contributed by atoms with Gasteiger partial charge in [0.15, 0.2) is 0 Å². The van der Waals surface area contributed by atoms with Crippen molar-refractivity contribution >= 4 is 21.6 Å². The van der Waals surface area contributed by atoms with E-state index in [9.17, 15) is 8.42 Å². The average Bonchev–Trinajstić information content (AvgIpc) is 2.74. The summed E-state index contributed by atoms with van der Waals surface area (Å²) in [6, 6.07) is 0. The van der Waals surface area contributed by atoms with E-state index in [4.69, 9.17) is 20.8 Å². The third-order valence-electron chi connectivity index (χ3n) is 3.94. The summed E-state index contributed by atoms with van der Waals surface area (Å²) >= 11 is 5.91.